The van der Waals surface area contributed by atoms with E-state index in [1.807, 2.05) is 0 Å². The van der Waals surface area contributed by atoms with Crippen LogP contribution in [-0.4, -0.2) is 35.2 Å². The van der Waals surface area contributed by atoms with Crippen molar-refractivity contribution < 1.29 is 8.42 Å². The van der Waals surface area contributed by atoms with Gasteiger partial charge in [-0.3, -0.25) is 4.40 Å². The number of sulfonamides is 1. The summed E-state index contributed by atoms with van der Waals surface area (Å²) in [5.74, 6) is 0. The molecule has 5 nitrogen and oxygen atoms in total. The van der Waals surface area contributed by atoms with Gasteiger partial charge in [-0.05, 0) is 12.1 Å². The van der Waals surface area contributed by atoms with Gasteiger partial charge in [0, 0.05) is 19.3 Å². The van der Waals surface area contributed by atoms with E-state index >= 15 is 0 Å². The Hall–Kier alpha value is -1.63. The smallest absolute Gasteiger partial charge is 0.262 e. The third kappa shape index (κ3) is 2.49. The minimum atomic E-state index is -3.78. The van der Waals surface area contributed by atoms with E-state index in [4.69, 9.17) is 11.6 Å². The predicted octanol–water partition coefficient (Wildman–Crippen LogP) is 2.35. The van der Waals surface area contributed by atoms with Crippen molar-refractivity contribution in [3.63, 3.8) is 0 Å². The van der Waals surface area contributed by atoms with Gasteiger partial charge in [0.15, 0.2) is 10.2 Å². The molecule has 0 N–H and O–H groups in total. The van der Waals surface area contributed by atoms with Crippen molar-refractivity contribution in [2.75, 3.05) is 13.1 Å². The molecule has 0 aliphatic rings. The van der Waals surface area contributed by atoms with E-state index in [1.165, 1.54) is 20.9 Å². The van der Waals surface area contributed by atoms with Gasteiger partial charge < -0.3 is 0 Å². The van der Waals surface area contributed by atoms with E-state index in [-0.39, 0.29) is 23.3 Å². The van der Waals surface area contributed by atoms with Crippen LogP contribution in [-0.2, 0) is 10.0 Å². The van der Waals surface area contributed by atoms with Crippen LogP contribution in [0, 0.1) is 0 Å². The SMILES string of the molecule is C=CCN(CC=C)S(=O)(=O)c1c(Cl)nc2ccccn12. The second-order valence-corrected chi connectivity index (χ2v) is 6.25. The van der Waals surface area contributed by atoms with E-state index < -0.39 is 10.0 Å². The molecule has 2 aromatic rings. The van der Waals surface area contributed by atoms with Gasteiger partial charge in [-0.25, -0.2) is 13.4 Å². The number of fused-ring (bicyclic) bond motifs is 1. The summed E-state index contributed by atoms with van der Waals surface area (Å²) in [6, 6.07) is 5.17. The van der Waals surface area contributed by atoms with Gasteiger partial charge in [0.05, 0.1) is 0 Å². The zero-order valence-electron chi connectivity index (χ0n) is 10.7. The first-order valence-electron chi connectivity index (χ1n) is 5.87. The lowest BCUT2D eigenvalue weighted by molar-refractivity contribution is 0.470. The van der Waals surface area contributed by atoms with Gasteiger partial charge in [0.1, 0.15) is 5.65 Å². The number of hydrogen-bond donors (Lipinski definition) is 0. The quantitative estimate of drug-likeness (QED) is 0.770. The molecule has 106 valence electrons. The number of aromatic nitrogens is 2. The van der Waals surface area contributed by atoms with Crippen LogP contribution in [0.5, 0.6) is 0 Å². The zero-order valence-corrected chi connectivity index (χ0v) is 12.3. The summed E-state index contributed by atoms with van der Waals surface area (Å²) in [6.07, 6.45) is 4.64. The summed E-state index contributed by atoms with van der Waals surface area (Å²) in [7, 11) is -3.78. The molecule has 0 bridgehead atoms. The topological polar surface area (TPSA) is 54.7 Å². The highest BCUT2D eigenvalue weighted by molar-refractivity contribution is 7.89. The molecule has 0 fully saturated rings. The van der Waals surface area contributed by atoms with E-state index in [2.05, 4.69) is 18.1 Å². The Balaban J connectivity index is 2.64. The fraction of sp³-hybridized carbons (Fsp3) is 0.154. The molecule has 20 heavy (non-hydrogen) atoms. The van der Waals surface area contributed by atoms with E-state index in [9.17, 15) is 8.42 Å². The van der Waals surface area contributed by atoms with Crippen LogP contribution in [0.15, 0.2) is 54.7 Å². The maximum absolute atomic E-state index is 12.7. The molecule has 0 saturated heterocycles. The highest BCUT2D eigenvalue weighted by atomic mass is 35.5. The van der Waals surface area contributed by atoms with Crippen LogP contribution in [0.2, 0.25) is 5.15 Å². The van der Waals surface area contributed by atoms with Gasteiger partial charge in [0.25, 0.3) is 10.0 Å². The summed E-state index contributed by atoms with van der Waals surface area (Å²) in [6.45, 7) is 7.48. The fourth-order valence-corrected chi connectivity index (χ4v) is 3.84. The van der Waals surface area contributed by atoms with Crippen LogP contribution in [0.25, 0.3) is 5.65 Å². The summed E-state index contributed by atoms with van der Waals surface area (Å²) >= 11 is 6.01. The van der Waals surface area contributed by atoms with Crippen molar-refractivity contribution in [1.29, 1.82) is 0 Å². The predicted molar refractivity (Wildman–Crippen MR) is 79.4 cm³/mol. The zero-order chi connectivity index (χ0) is 14.8. The molecule has 0 amide bonds. The van der Waals surface area contributed by atoms with Gasteiger partial charge in [-0.15, -0.1) is 13.2 Å². The highest BCUT2D eigenvalue weighted by Gasteiger charge is 2.29. The largest absolute Gasteiger partial charge is 0.288 e. The summed E-state index contributed by atoms with van der Waals surface area (Å²) < 4.78 is 28.1. The first-order valence-corrected chi connectivity index (χ1v) is 7.68. The lowest BCUT2D eigenvalue weighted by atomic mass is 10.5. The Bertz CT molecular complexity index is 742. The molecule has 0 aromatic carbocycles. The van der Waals surface area contributed by atoms with Crippen LogP contribution in [0.1, 0.15) is 0 Å². The molecule has 0 unspecified atom stereocenters. The standard InChI is InChI=1S/C13H14ClN3O2S/c1-3-8-16(9-4-2)20(18,19)13-12(14)15-11-7-5-6-10-17(11)13/h3-7,10H,1-2,8-9H2. The van der Waals surface area contributed by atoms with Crippen molar-refractivity contribution >= 4 is 27.3 Å². The number of pyridine rings is 1. The third-order valence-electron chi connectivity index (χ3n) is 2.70. The van der Waals surface area contributed by atoms with Gasteiger partial charge >= 0.3 is 0 Å². The lowest BCUT2D eigenvalue weighted by Crippen LogP contribution is -2.32. The van der Waals surface area contributed by atoms with Crippen LogP contribution in [0.4, 0.5) is 0 Å². The molecular weight excluding hydrogens is 298 g/mol. The number of nitrogens with zero attached hydrogens (tertiary/aromatic N) is 3. The van der Waals surface area contributed by atoms with Crippen molar-refractivity contribution in [2.45, 2.75) is 5.03 Å². The monoisotopic (exact) mass is 311 g/mol. The summed E-state index contributed by atoms with van der Waals surface area (Å²) in [5, 5.41) is -0.0900. The second-order valence-electron chi connectivity index (χ2n) is 4.04. The maximum atomic E-state index is 12.7. The molecule has 2 rings (SSSR count). The third-order valence-corrected chi connectivity index (χ3v) is 4.93. The summed E-state index contributed by atoms with van der Waals surface area (Å²) in [4.78, 5) is 4.05. The second kappa shape index (κ2) is 5.78. The lowest BCUT2D eigenvalue weighted by Gasteiger charge is -2.18. The normalized spacial score (nSPS) is 11.9. The maximum Gasteiger partial charge on any atom is 0.262 e. The molecule has 0 aliphatic carbocycles. The minimum absolute atomic E-state index is 0.0431. The molecule has 0 saturated carbocycles. The first kappa shape index (κ1) is 14.8. The Morgan fingerprint density at radius 3 is 2.55 bits per heavy atom. The van der Waals surface area contributed by atoms with Gasteiger partial charge in [0.2, 0.25) is 0 Å². The van der Waals surface area contributed by atoms with E-state index in [1.54, 1.807) is 24.4 Å². The van der Waals surface area contributed by atoms with Crippen LogP contribution < -0.4 is 0 Å². The first-order chi connectivity index (χ1) is 9.52. The molecule has 2 aromatic heterocycles. The number of imidazole rings is 1. The highest BCUT2D eigenvalue weighted by Crippen LogP contribution is 2.25. The average Bonchev–Trinajstić information content (AvgIpc) is 2.74. The van der Waals surface area contributed by atoms with Crippen molar-refractivity contribution in [3.05, 3.63) is 54.9 Å². The minimum Gasteiger partial charge on any atom is -0.288 e. The Labute approximate surface area is 122 Å². The Morgan fingerprint density at radius 2 is 1.95 bits per heavy atom. The van der Waals surface area contributed by atoms with Crippen LogP contribution in [0.3, 0.4) is 0 Å². The fourth-order valence-electron chi connectivity index (χ4n) is 1.86. The molecule has 0 atom stereocenters. The Kier molecular flexibility index (Phi) is 4.27. The molecular formula is C13H14ClN3O2S. The van der Waals surface area contributed by atoms with Gasteiger partial charge in [-0.1, -0.05) is 29.8 Å². The molecule has 2 heterocycles. The van der Waals surface area contributed by atoms with E-state index in [0.717, 1.165) is 0 Å². The Morgan fingerprint density at radius 1 is 1.30 bits per heavy atom. The van der Waals surface area contributed by atoms with Crippen LogP contribution >= 0.6 is 11.6 Å². The molecule has 0 radical (unpaired) electrons. The molecule has 0 aliphatic heterocycles. The van der Waals surface area contributed by atoms with Crippen molar-refractivity contribution in [1.82, 2.24) is 13.7 Å². The number of rotatable bonds is 6. The molecule has 0 spiro atoms. The van der Waals surface area contributed by atoms with Crippen molar-refractivity contribution in [2.24, 2.45) is 0 Å². The number of hydrogen-bond acceptors (Lipinski definition) is 3. The average molecular weight is 312 g/mol. The number of halogens is 1. The molecule has 7 heteroatoms. The van der Waals surface area contributed by atoms with Gasteiger partial charge in [-0.2, -0.15) is 4.31 Å². The summed E-state index contributed by atoms with van der Waals surface area (Å²) in [5.41, 5.74) is 0.480. The van der Waals surface area contributed by atoms with Crippen molar-refractivity contribution in [3.8, 4) is 0 Å². The van der Waals surface area contributed by atoms with E-state index in [0.29, 0.717) is 5.65 Å².